The average Bonchev–Trinajstić information content (AvgIpc) is 2.95. The summed E-state index contributed by atoms with van der Waals surface area (Å²) in [4.78, 5) is 4.44. The van der Waals surface area contributed by atoms with Crippen molar-refractivity contribution in [2.24, 2.45) is 0 Å². The summed E-state index contributed by atoms with van der Waals surface area (Å²) in [5.41, 5.74) is 1.25. The molecular weight excluding hydrogens is 324 g/mol. The molecule has 0 amide bonds. The maximum atomic E-state index is 6.16. The van der Waals surface area contributed by atoms with Gasteiger partial charge in [0.15, 0.2) is 0 Å². The van der Waals surface area contributed by atoms with Gasteiger partial charge >= 0.3 is 0 Å². The number of unbranched alkanes of at least 4 members (excludes halogenated alkanes) is 3. The number of nitrogens with zero attached hydrogens (tertiary/aromatic N) is 2. The van der Waals surface area contributed by atoms with Crippen LogP contribution in [-0.4, -0.2) is 23.3 Å². The third-order valence-electron chi connectivity index (χ3n) is 4.13. The zero-order valence-corrected chi connectivity index (χ0v) is 15.6. The van der Waals surface area contributed by atoms with Crippen LogP contribution in [0.4, 0.5) is 0 Å². The Morgan fingerprint density at radius 2 is 1.96 bits per heavy atom. The fraction of sp³-hybridized carbons (Fsp3) is 0.526. The summed E-state index contributed by atoms with van der Waals surface area (Å²) in [5, 5.41) is 0.594. The zero-order valence-electron chi connectivity index (χ0n) is 14.8. The summed E-state index contributed by atoms with van der Waals surface area (Å²) in [6.07, 6.45) is 7.51. The van der Waals surface area contributed by atoms with E-state index in [-0.39, 0.29) is 0 Å². The minimum Gasteiger partial charge on any atom is -0.497 e. The maximum Gasteiger partial charge on any atom is 0.138 e. The van der Waals surface area contributed by atoms with Crippen LogP contribution in [0.5, 0.6) is 11.5 Å². The predicted molar refractivity (Wildman–Crippen MR) is 98.3 cm³/mol. The Hall–Kier alpha value is -1.68. The van der Waals surface area contributed by atoms with Crippen LogP contribution in [-0.2, 0) is 13.0 Å². The lowest BCUT2D eigenvalue weighted by atomic mass is 10.2. The summed E-state index contributed by atoms with van der Waals surface area (Å²) < 4.78 is 13.2. The fourth-order valence-electron chi connectivity index (χ4n) is 2.73. The molecule has 0 aliphatic rings. The first-order valence-electron chi connectivity index (χ1n) is 8.63. The highest BCUT2D eigenvalue weighted by Crippen LogP contribution is 2.28. The normalized spacial score (nSPS) is 10.8. The molecule has 24 heavy (non-hydrogen) atoms. The first-order chi connectivity index (χ1) is 11.7. The second-order valence-electron chi connectivity index (χ2n) is 5.88. The Balaban J connectivity index is 1.62. The lowest BCUT2D eigenvalue weighted by Crippen LogP contribution is -2.05. The molecular formula is C19H27ClN2O2. The number of hydrogen-bond donors (Lipinski definition) is 0. The van der Waals surface area contributed by atoms with Crippen LogP contribution in [0.15, 0.2) is 24.4 Å². The summed E-state index contributed by atoms with van der Waals surface area (Å²) in [7, 11) is 1.63. The van der Waals surface area contributed by atoms with E-state index in [1.165, 1.54) is 24.4 Å². The largest absolute Gasteiger partial charge is 0.497 e. The molecule has 1 heterocycles. The van der Waals surface area contributed by atoms with Crippen LogP contribution in [0.25, 0.3) is 0 Å². The number of halogens is 1. The molecule has 4 nitrogen and oxygen atoms in total. The van der Waals surface area contributed by atoms with E-state index in [9.17, 15) is 0 Å². The van der Waals surface area contributed by atoms with Gasteiger partial charge in [0.1, 0.15) is 17.3 Å². The van der Waals surface area contributed by atoms with Gasteiger partial charge in [-0.1, -0.05) is 31.4 Å². The van der Waals surface area contributed by atoms with Crippen molar-refractivity contribution in [3.63, 3.8) is 0 Å². The van der Waals surface area contributed by atoms with E-state index in [4.69, 9.17) is 21.1 Å². The monoisotopic (exact) mass is 350 g/mol. The Labute approximate surface area is 149 Å². The summed E-state index contributed by atoms with van der Waals surface area (Å²) >= 11 is 6.16. The second kappa shape index (κ2) is 9.58. The lowest BCUT2D eigenvalue weighted by Gasteiger charge is -2.10. The molecule has 0 aliphatic carbocycles. The van der Waals surface area contributed by atoms with Gasteiger partial charge < -0.3 is 14.0 Å². The molecule has 0 radical (unpaired) electrons. The van der Waals surface area contributed by atoms with Crippen molar-refractivity contribution in [1.82, 2.24) is 9.55 Å². The number of hydrogen-bond acceptors (Lipinski definition) is 3. The number of methoxy groups -OCH3 is 1. The summed E-state index contributed by atoms with van der Waals surface area (Å²) in [6, 6.07) is 5.49. The number of aromatic nitrogens is 2. The predicted octanol–water partition coefficient (Wildman–Crippen LogP) is 5.06. The van der Waals surface area contributed by atoms with E-state index < -0.39 is 0 Å². The summed E-state index contributed by atoms with van der Waals surface area (Å²) in [5.74, 6) is 2.65. The van der Waals surface area contributed by atoms with Gasteiger partial charge in [0.2, 0.25) is 0 Å². The van der Waals surface area contributed by atoms with Gasteiger partial charge in [0.25, 0.3) is 0 Å². The molecule has 0 N–H and O–H groups in total. The van der Waals surface area contributed by atoms with Crippen molar-refractivity contribution in [2.75, 3.05) is 13.7 Å². The zero-order chi connectivity index (χ0) is 17.4. The molecule has 0 aliphatic heterocycles. The van der Waals surface area contributed by atoms with Crippen molar-refractivity contribution in [3.8, 4) is 11.5 Å². The highest BCUT2D eigenvalue weighted by atomic mass is 35.5. The standard InChI is InChI=1S/C19H27ClN2O2/c1-4-19-21-14-15(2)22(19)11-7-5-6-8-12-24-18-10-9-16(23-3)13-17(18)20/h9-10,13-14H,4-8,11-12H2,1-3H3. The second-order valence-corrected chi connectivity index (χ2v) is 6.29. The highest BCUT2D eigenvalue weighted by Gasteiger charge is 2.05. The van der Waals surface area contributed by atoms with Crippen molar-refractivity contribution >= 4 is 11.6 Å². The highest BCUT2D eigenvalue weighted by molar-refractivity contribution is 6.32. The summed E-state index contributed by atoms with van der Waals surface area (Å²) in [6.45, 7) is 6.02. The molecule has 1 aromatic heterocycles. The molecule has 0 bridgehead atoms. The van der Waals surface area contributed by atoms with Crippen LogP contribution in [0, 0.1) is 6.92 Å². The smallest absolute Gasteiger partial charge is 0.138 e. The molecule has 0 fully saturated rings. The maximum absolute atomic E-state index is 6.16. The minimum atomic E-state index is 0.594. The number of imidazole rings is 1. The molecule has 0 saturated heterocycles. The van der Waals surface area contributed by atoms with E-state index in [1.807, 2.05) is 18.3 Å². The number of ether oxygens (including phenoxy) is 2. The van der Waals surface area contributed by atoms with Crippen molar-refractivity contribution in [3.05, 3.63) is 40.9 Å². The molecule has 2 aromatic rings. The van der Waals surface area contributed by atoms with Crippen molar-refractivity contribution < 1.29 is 9.47 Å². The van der Waals surface area contributed by atoms with Gasteiger partial charge in [0.05, 0.1) is 18.7 Å². The van der Waals surface area contributed by atoms with Crippen LogP contribution >= 0.6 is 11.6 Å². The molecule has 0 atom stereocenters. The van der Waals surface area contributed by atoms with E-state index >= 15 is 0 Å². The van der Waals surface area contributed by atoms with Gasteiger partial charge in [-0.2, -0.15) is 0 Å². The molecule has 0 unspecified atom stereocenters. The van der Waals surface area contributed by atoms with Crippen LogP contribution in [0.2, 0.25) is 5.02 Å². The fourth-order valence-corrected chi connectivity index (χ4v) is 2.96. The van der Waals surface area contributed by atoms with E-state index in [0.29, 0.717) is 11.6 Å². The van der Waals surface area contributed by atoms with Gasteiger partial charge in [-0.15, -0.1) is 0 Å². The SMILES string of the molecule is CCc1ncc(C)n1CCCCCCOc1ccc(OC)cc1Cl. The first kappa shape index (κ1) is 18.7. The molecule has 5 heteroatoms. The first-order valence-corrected chi connectivity index (χ1v) is 9.00. The third-order valence-corrected chi connectivity index (χ3v) is 4.42. The molecule has 0 saturated carbocycles. The average molecular weight is 351 g/mol. The Morgan fingerprint density at radius 3 is 2.67 bits per heavy atom. The molecule has 0 spiro atoms. The van der Waals surface area contributed by atoms with Crippen LogP contribution < -0.4 is 9.47 Å². The number of rotatable bonds is 10. The molecule has 1 aromatic carbocycles. The topological polar surface area (TPSA) is 36.3 Å². The van der Waals surface area contributed by atoms with E-state index in [0.717, 1.165) is 37.3 Å². The third kappa shape index (κ3) is 5.17. The number of aryl methyl sites for hydroxylation is 2. The van der Waals surface area contributed by atoms with E-state index in [1.54, 1.807) is 13.2 Å². The number of benzene rings is 1. The van der Waals surface area contributed by atoms with E-state index in [2.05, 4.69) is 23.4 Å². The lowest BCUT2D eigenvalue weighted by molar-refractivity contribution is 0.303. The van der Waals surface area contributed by atoms with Gasteiger partial charge in [-0.25, -0.2) is 4.98 Å². The van der Waals surface area contributed by atoms with Crippen LogP contribution in [0.3, 0.4) is 0 Å². The van der Waals surface area contributed by atoms with Crippen molar-refractivity contribution in [1.29, 1.82) is 0 Å². The quantitative estimate of drug-likeness (QED) is 0.562. The Morgan fingerprint density at radius 1 is 1.17 bits per heavy atom. The van der Waals surface area contributed by atoms with Gasteiger partial charge in [0, 0.05) is 30.9 Å². The molecule has 132 valence electrons. The van der Waals surface area contributed by atoms with Crippen LogP contribution in [0.1, 0.15) is 44.1 Å². The van der Waals surface area contributed by atoms with Gasteiger partial charge in [-0.05, 0) is 31.9 Å². The van der Waals surface area contributed by atoms with Crippen molar-refractivity contribution in [2.45, 2.75) is 52.5 Å². The minimum absolute atomic E-state index is 0.594. The molecule has 2 rings (SSSR count). The Bertz CT molecular complexity index is 640. The van der Waals surface area contributed by atoms with Gasteiger partial charge in [-0.3, -0.25) is 0 Å². The Kier molecular flexibility index (Phi) is 7.44.